The van der Waals surface area contributed by atoms with Gasteiger partial charge in [0.05, 0.1) is 16.1 Å². The number of halogens is 4. The Labute approximate surface area is 179 Å². The fraction of sp³-hybridized carbons (Fsp3) is 0.455. The molecule has 0 aliphatic heterocycles. The van der Waals surface area contributed by atoms with Crippen molar-refractivity contribution in [1.82, 2.24) is 10.3 Å². The van der Waals surface area contributed by atoms with Gasteiger partial charge in [-0.1, -0.05) is 24.6 Å². The number of rotatable bonds is 6. The second kappa shape index (κ2) is 9.69. The number of amides is 1. The lowest BCUT2D eigenvalue weighted by atomic mass is 9.86. The van der Waals surface area contributed by atoms with Gasteiger partial charge < -0.3 is 10.6 Å². The second-order valence-electron chi connectivity index (χ2n) is 7.67. The van der Waals surface area contributed by atoms with Gasteiger partial charge in [-0.25, -0.2) is 4.98 Å². The fourth-order valence-corrected chi connectivity index (χ4v) is 3.84. The lowest BCUT2D eigenvalue weighted by Crippen LogP contribution is -2.38. The summed E-state index contributed by atoms with van der Waals surface area (Å²) in [7, 11) is 0. The molecule has 1 amide bonds. The van der Waals surface area contributed by atoms with Crippen LogP contribution in [0.4, 0.5) is 19.0 Å². The summed E-state index contributed by atoms with van der Waals surface area (Å²) in [4.78, 5) is 16.9. The van der Waals surface area contributed by atoms with E-state index in [9.17, 15) is 18.0 Å². The minimum atomic E-state index is -4.52. The maximum Gasteiger partial charge on any atom is 0.416 e. The van der Waals surface area contributed by atoms with Gasteiger partial charge in [0.1, 0.15) is 5.82 Å². The number of aryl methyl sites for hydroxylation is 1. The standard InChI is InChI=1S/C22H25ClF3N3O/c1-2-14-5-10-20(27-12-14)28-13-15-3-7-17(8-4-15)29-21(30)18-11-16(22(24,25)26)6-9-19(18)23/h5-6,9-12,15,17H,2-4,7-8,13H2,1H3,(H,27,28)(H,29,30)/t15-,17-. The maximum atomic E-state index is 12.9. The molecule has 0 bridgehead atoms. The first kappa shape index (κ1) is 22.4. The molecule has 1 aliphatic rings. The maximum absolute atomic E-state index is 12.9. The van der Waals surface area contributed by atoms with E-state index in [-0.39, 0.29) is 16.6 Å². The van der Waals surface area contributed by atoms with Crippen molar-refractivity contribution in [2.24, 2.45) is 5.92 Å². The molecule has 0 unspecified atom stereocenters. The molecule has 2 aromatic rings. The van der Waals surface area contributed by atoms with Crippen LogP contribution in [0.25, 0.3) is 0 Å². The molecule has 162 valence electrons. The van der Waals surface area contributed by atoms with Gasteiger partial charge >= 0.3 is 6.18 Å². The Kier molecular flexibility index (Phi) is 7.23. The van der Waals surface area contributed by atoms with Gasteiger partial charge in [-0.2, -0.15) is 13.2 Å². The molecule has 1 aromatic carbocycles. The number of anilines is 1. The highest BCUT2D eigenvalue weighted by atomic mass is 35.5. The normalized spacial score (nSPS) is 19.4. The number of hydrogen-bond acceptors (Lipinski definition) is 3. The lowest BCUT2D eigenvalue weighted by molar-refractivity contribution is -0.137. The van der Waals surface area contributed by atoms with E-state index < -0.39 is 17.6 Å². The number of nitrogens with zero attached hydrogens (tertiary/aromatic N) is 1. The highest BCUT2D eigenvalue weighted by Gasteiger charge is 2.32. The number of carbonyl (C=O) groups excluding carboxylic acids is 1. The molecule has 0 spiro atoms. The fourth-order valence-electron chi connectivity index (χ4n) is 3.64. The summed E-state index contributed by atoms with van der Waals surface area (Å²) in [6, 6.07) is 6.76. The summed E-state index contributed by atoms with van der Waals surface area (Å²) in [5, 5.41) is 6.20. The predicted molar refractivity (Wildman–Crippen MR) is 112 cm³/mol. The van der Waals surface area contributed by atoms with E-state index in [0.717, 1.165) is 62.7 Å². The molecule has 1 aromatic heterocycles. The Hall–Kier alpha value is -2.28. The SMILES string of the molecule is CCc1ccc(NC[C@H]2CC[C@H](NC(=O)c3cc(C(F)(F)F)ccc3Cl)CC2)nc1. The van der Waals surface area contributed by atoms with Gasteiger partial charge in [0.2, 0.25) is 0 Å². The molecule has 1 aliphatic carbocycles. The summed E-state index contributed by atoms with van der Waals surface area (Å²) < 4.78 is 38.7. The molecule has 30 heavy (non-hydrogen) atoms. The minimum absolute atomic E-state index is 0.0139. The van der Waals surface area contributed by atoms with E-state index in [1.54, 1.807) is 0 Å². The van der Waals surface area contributed by atoms with Crippen molar-refractivity contribution in [2.45, 2.75) is 51.2 Å². The molecule has 0 radical (unpaired) electrons. The van der Waals surface area contributed by atoms with Crippen LogP contribution < -0.4 is 10.6 Å². The first-order chi connectivity index (χ1) is 14.3. The Balaban J connectivity index is 1.49. The van der Waals surface area contributed by atoms with Crippen LogP contribution in [0.3, 0.4) is 0 Å². The number of hydrogen-bond donors (Lipinski definition) is 2. The average Bonchev–Trinajstić information content (AvgIpc) is 2.73. The monoisotopic (exact) mass is 439 g/mol. The molecule has 0 saturated heterocycles. The third-order valence-corrected chi connectivity index (χ3v) is 5.85. The molecule has 2 N–H and O–H groups in total. The van der Waals surface area contributed by atoms with Crippen LogP contribution >= 0.6 is 11.6 Å². The van der Waals surface area contributed by atoms with Crippen LogP contribution in [-0.2, 0) is 12.6 Å². The van der Waals surface area contributed by atoms with E-state index in [1.165, 1.54) is 5.56 Å². The summed E-state index contributed by atoms with van der Waals surface area (Å²) in [5.41, 5.74) is 0.168. The van der Waals surface area contributed by atoms with E-state index in [2.05, 4.69) is 28.6 Å². The van der Waals surface area contributed by atoms with Gasteiger partial charge in [-0.3, -0.25) is 4.79 Å². The first-order valence-corrected chi connectivity index (χ1v) is 10.5. The summed E-state index contributed by atoms with van der Waals surface area (Å²) >= 11 is 5.96. The predicted octanol–water partition coefficient (Wildman–Crippen LogP) is 5.72. The molecular formula is C22H25ClF3N3O. The van der Waals surface area contributed by atoms with Crippen molar-refractivity contribution in [3.05, 3.63) is 58.2 Å². The Morgan fingerprint density at radius 2 is 1.90 bits per heavy atom. The van der Waals surface area contributed by atoms with Crippen molar-refractivity contribution >= 4 is 23.3 Å². The van der Waals surface area contributed by atoms with E-state index in [0.29, 0.717) is 5.92 Å². The quantitative estimate of drug-likeness (QED) is 0.605. The lowest BCUT2D eigenvalue weighted by Gasteiger charge is -2.29. The molecule has 8 heteroatoms. The Morgan fingerprint density at radius 1 is 1.17 bits per heavy atom. The highest BCUT2D eigenvalue weighted by Crippen LogP contribution is 2.32. The van der Waals surface area contributed by atoms with Gasteiger partial charge in [0, 0.05) is 18.8 Å². The average molecular weight is 440 g/mol. The minimum Gasteiger partial charge on any atom is -0.370 e. The number of pyridine rings is 1. The number of aromatic nitrogens is 1. The molecule has 1 heterocycles. The van der Waals surface area contributed by atoms with Crippen LogP contribution in [0.2, 0.25) is 5.02 Å². The molecular weight excluding hydrogens is 415 g/mol. The van der Waals surface area contributed by atoms with Gasteiger partial charge in [-0.15, -0.1) is 0 Å². The van der Waals surface area contributed by atoms with Gasteiger partial charge in [-0.05, 0) is 67.9 Å². The second-order valence-corrected chi connectivity index (χ2v) is 8.08. The van der Waals surface area contributed by atoms with Crippen molar-refractivity contribution in [3.8, 4) is 0 Å². The van der Waals surface area contributed by atoms with Crippen molar-refractivity contribution in [1.29, 1.82) is 0 Å². The molecule has 3 rings (SSSR count). The van der Waals surface area contributed by atoms with Crippen LogP contribution in [0.1, 0.15) is 54.1 Å². The summed E-state index contributed by atoms with van der Waals surface area (Å²) in [5.74, 6) is 0.748. The Bertz CT molecular complexity index is 863. The molecule has 4 nitrogen and oxygen atoms in total. The third kappa shape index (κ3) is 5.88. The zero-order chi connectivity index (χ0) is 21.7. The summed E-state index contributed by atoms with van der Waals surface area (Å²) in [6.45, 7) is 2.89. The topological polar surface area (TPSA) is 54.0 Å². The van der Waals surface area contributed by atoms with Crippen LogP contribution in [0.5, 0.6) is 0 Å². The van der Waals surface area contributed by atoms with Crippen LogP contribution in [0.15, 0.2) is 36.5 Å². The number of alkyl halides is 3. The number of carbonyl (C=O) groups is 1. The van der Waals surface area contributed by atoms with Gasteiger partial charge in [0.15, 0.2) is 0 Å². The first-order valence-electron chi connectivity index (χ1n) is 10.1. The van der Waals surface area contributed by atoms with Crippen LogP contribution in [-0.4, -0.2) is 23.5 Å². The summed E-state index contributed by atoms with van der Waals surface area (Å²) in [6.07, 6.45) is 1.69. The zero-order valence-corrected chi connectivity index (χ0v) is 17.5. The third-order valence-electron chi connectivity index (χ3n) is 5.53. The molecule has 0 atom stereocenters. The molecule has 1 fully saturated rings. The number of nitrogens with one attached hydrogen (secondary N) is 2. The van der Waals surface area contributed by atoms with E-state index in [4.69, 9.17) is 11.6 Å². The van der Waals surface area contributed by atoms with Crippen molar-refractivity contribution < 1.29 is 18.0 Å². The highest BCUT2D eigenvalue weighted by molar-refractivity contribution is 6.33. The van der Waals surface area contributed by atoms with Crippen LogP contribution in [0, 0.1) is 5.92 Å². The zero-order valence-electron chi connectivity index (χ0n) is 16.7. The van der Waals surface area contributed by atoms with E-state index in [1.807, 2.05) is 12.3 Å². The molecule has 1 saturated carbocycles. The van der Waals surface area contributed by atoms with E-state index >= 15 is 0 Å². The van der Waals surface area contributed by atoms with Gasteiger partial charge in [0.25, 0.3) is 5.91 Å². The Morgan fingerprint density at radius 3 is 2.50 bits per heavy atom. The van der Waals surface area contributed by atoms with Crippen molar-refractivity contribution in [2.75, 3.05) is 11.9 Å². The smallest absolute Gasteiger partial charge is 0.370 e. The largest absolute Gasteiger partial charge is 0.416 e. The van der Waals surface area contributed by atoms with Crippen molar-refractivity contribution in [3.63, 3.8) is 0 Å². The number of benzene rings is 1.